The minimum Gasteiger partial charge on any atom is -0.427 e. The predicted molar refractivity (Wildman–Crippen MR) is 104 cm³/mol. The molecule has 0 atom stereocenters. The number of hydrogen-bond donors (Lipinski definition) is 1. The summed E-state index contributed by atoms with van der Waals surface area (Å²) in [5.74, 6) is 0. The van der Waals surface area contributed by atoms with E-state index >= 15 is 0 Å². The second-order valence-electron chi connectivity index (χ2n) is 8.95. The van der Waals surface area contributed by atoms with Gasteiger partial charge in [0.1, 0.15) is 0 Å². The number of rotatable bonds is 5. The molecule has 0 unspecified atom stereocenters. The highest BCUT2D eigenvalue weighted by molar-refractivity contribution is 6.63. The first-order chi connectivity index (χ1) is 11.2. The lowest BCUT2D eigenvalue weighted by molar-refractivity contribution is -0.0893. The van der Waals surface area contributed by atoms with Crippen molar-refractivity contribution in [1.29, 1.82) is 0 Å². The third-order valence-electron chi connectivity index (χ3n) is 5.88. The van der Waals surface area contributed by atoms with Gasteiger partial charge >= 0.3 is 14.6 Å². The number of benzene rings is 1. The minimum absolute atomic E-state index is 0.372. The molecule has 137 valence electrons. The van der Waals surface area contributed by atoms with E-state index in [-0.39, 0.29) is 11.2 Å². The maximum Gasteiger partial charge on any atom is 0.495 e. The van der Waals surface area contributed by atoms with Gasteiger partial charge in [-0.05, 0) is 67.8 Å². The second-order valence-corrected chi connectivity index (χ2v) is 8.95. The molecule has 1 fully saturated rings. The van der Waals surface area contributed by atoms with Gasteiger partial charge in [0.05, 0.1) is 22.4 Å². The van der Waals surface area contributed by atoms with Gasteiger partial charge in [-0.1, -0.05) is 29.2 Å². The van der Waals surface area contributed by atoms with Crippen molar-refractivity contribution in [1.82, 2.24) is 0 Å². The molecule has 0 aromatic heterocycles. The number of hydrogen-bond acceptors (Lipinski definition) is 4. The van der Waals surface area contributed by atoms with Gasteiger partial charge < -0.3 is 19.1 Å². The molecule has 25 heavy (non-hydrogen) atoms. The number of aliphatic hydroxyl groups is 1. The van der Waals surface area contributed by atoms with Crippen molar-refractivity contribution in [3.8, 4) is 0 Å². The molecule has 4 nitrogen and oxygen atoms in total. The molecule has 1 N–H and O–H groups in total. The fourth-order valence-electron chi connectivity index (χ4n) is 2.38. The Balaban J connectivity index is 2.22. The highest BCUT2D eigenvalue weighted by atomic mass is 16.7. The van der Waals surface area contributed by atoms with Crippen molar-refractivity contribution in [2.45, 2.75) is 84.7 Å². The molecular weight excluding hydrogens is 314 g/mol. The molecule has 1 radical (unpaired) electrons. The zero-order valence-corrected chi connectivity index (χ0v) is 17.1. The molecule has 2 rings (SSSR count). The van der Waals surface area contributed by atoms with Crippen LogP contribution in [0.4, 0.5) is 0 Å². The molecule has 1 aliphatic rings. The summed E-state index contributed by atoms with van der Waals surface area (Å²) in [6, 6.07) is 5.99. The van der Waals surface area contributed by atoms with Crippen LogP contribution in [0.25, 0.3) is 0 Å². The lowest BCUT2D eigenvalue weighted by Gasteiger charge is -2.37. The third-order valence-corrected chi connectivity index (χ3v) is 5.88. The normalized spacial score (nSPS) is 20.0. The Hall–Kier alpha value is -0.810. The van der Waals surface area contributed by atoms with Crippen molar-refractivity contribution in [2.24, 2.45) is 0 Å². The minimum atomic E-state index is -0.958. The van der Waals surface area contributed by atoms with Gasteiger partial charge in [0.25, 0.3) is 0 Å². The molecule has 0 bridgehead atoms. The standard InChI is InChI=1S/C19H31B2O4/c1-13-14(20-23-17(4,5)16(2,3)22)11-10-12-15(13)21-24-18(6,7)19(8,9)25-21/h10-12,22H,1-9H3. The van der Waals surface area contributed by atoms with Gasteiger partial charge in [0.15, 0.2) is 0 Å². The van der Waals surface area contributed by atoms with Crippen LogP contribution in [0.5, 0.6) is 0 Å². The zero-order chi connectivity index (χ0) is 19.3. The SMILES string of the molecule is Cc1c([B]OC(C)(C)C(C)(C)O)cccc1B1OC(C)(C)C(C)(C)O1. The van der Waals surface area contributed by atoms with Gasteiger partial charge in [-0.15, -0.1) is 0 Å². The molecule has 1 aromatic carbocycles. The maximum absolute atomic E-state index is 10.3. The van der Waals surface area contributed by atoms with E-state index in [0.717, 1.165) is 16.5 Å². The van der Waals surface area contributed by atoms with Crippen molar-refractivity contribution >= 4 is 25.5 Å². The molecule has 1 aliphatic heterocycles. The molecule has 1 aromatic rings. The fourth-order valence-corrected chi connectivity index (χ4v) is 2.38. The Morgan fingerprint density at radius 3 is 2.04 bits per heavy atom. The first-order valence-corrected chi connectivity index (χ1v) is 8.86. The molecule has 0 aliphatic carbocycles. The Morgan fingerprint density at radius 2 is 1.56 bits per heavy atom. The van der Waals surface area contributed by atoms with Crippen LogP contribution in [0, 0.1) is 6.92 Å². The van der Waals surface area contributed by atoms with Gasteiger partial charge in [-0.2, -0.15) is 0 Å². The lowest BCUT2D eigenvalue weighted by atomic mass is 9.70. The molecule has 0 spiro atoms. The average molecular weight is 345 g/mol. The summed E-state index contributed by atoms with van der Waals surface area (Å²) in [6.07, 6.45) is 0. The van der Waals surface area contributed by atoms with E-state index in [4.69, 9.17) is 14.0 Å². The van der Waals surface area contributed by atoms with E-state index in [1.54, 1.807) is 21.3 Å². The Bertz CT molecular complexity index is 617. The van der Waals surface area contributed by atoms with Crippen molar-refractivity contribution in [3.05, 3.63) is 23.8 Å². The van der Waals surface area contributed by atoms with Crippen LogP contribution in [0.1, 0.15) is 61.0 Å². The second kappa shape index (κ2) is 6.41. The first-order valence-electron chi connectivity index (χ1n) is 8.86. The Morgan fingerprint density at radius 1 is 1.04 bits per heavy atom. The topological polar surface area (TPSA) is 47.9 Å². The van der Waals surface area contributed by atoms with Gasteiger partial charge in [0.2, 0.25) is 0 Å². The summed E-state index contributed by atoms with van der Waals surface area (Å²) >= 11 is 0. The molecule has 6 heteroatoms. The molecule has 0 amide bonds. The van der Waals surface area contributed by atoms with E-state index < -0.39 is 18.3 Å². The van der Waals surface area contributed by atoms with Gasteiger partial charge in [0, 0.05) is 0 Å². The molecule has 0 saturated carbocycles. The molecule has 1 heterocycles. The van der Waals surface area contributed by atoms with E-state index in [1.165, 1.54) is 0 Å². The van der Waals surface area contributed by atoms with E-state index in [0.29, 0.717) is 0 Å². The molecular formula is C19H31B2O4. The van der Waals surface area contributed by atoms with Crippen molar-refractivity contribution in [2.75, 3.05) is 0 Å². The summed E-state index contributed by atoms with van der Waals surface area (Å²) in [7, 11) is 1.31. The Kier molecular flexibility index (Phi) is 5.26. The summed E-state index contributed by atoms with van der Waals surface area (Å²) in [5.41, 5.74) is 0.585. The van der Waals surface area contributed by atoms with Crippen LogP contribution in [-0.2, 0) is 14.0 Å². The molecule has 1 saturated heterocycles. The average Bonchev–Trinajstić information content (AvgIpc) is 2.65. The van der Waals surface area contributed by atoms with Gasteiger partial charge in [-0.3, -0.25) is 0 Å². The van der Waals surface area contributed by atoms with Gasteiger partial charge in [-0.25, -0.2) is 0 Å². The third kappa shape index (κ3) is 3.97. The van der Waals surface area contributed by atoms with Crippen molar-refractivity contribution < 1.29 is 19.1 Å². The first kappa shape index (κ1) is 20.5. The van der Waals surface area contributed by atoms with Crippen LogP contribution in [-0.4, -0.2) is 42.1 Å². The summed E-state index contributed by atoms with van der Waals surface area (Å²) in [5, 5.41) is 10.3. The quantitative estimate of drug-likeness (QED) is 0.831. The Labute approximate surface area is 153 Å². The highest BCUT2D eigenvalue weighted by Gasteiger charge is 2.52. The fraction of sp³-hybridized carbons (Fsp3) is 0.684. The highest BCUT2D eigenvalue weighted by Crippen LogP contribution is 2.36. The summed E-state index contributed by atoms with van der Waals surface area (Å²) in [4.78, 5) is 0. The van der Waals surface area contributed by atoms with Crippen molar-refractivity contribution in [3.63, 3.8) is 0 Å². The van der Waals surface area contributed by atoms with E-state index in [9.17, 15) is 5.11 Å². The smallest absolute Gasteiger partial charge is 0.427 e. The van der Waals surface area contributed by atoms with E-state index in [1.807, 2.05) is 66.7 Å². The monoisotopic (exact) mass is 345 g/mol. The predicted octanol–water partition coefficient (Wildman–Crippen LogP) is 2.10. The van der Waals surface area contributed by atoms with Crippen LogP contribution < -0.4 is 10.9 Å². The largest absolute Gasteiger partial charge is 0.495 e. The zero-order valence-electron chi connectivity index (χ0n) is 17.1. The van der Waals surface area contributed by atoms with Crippen LogP contribution in [0.15, 0.2) is 18.2 Å². The van der Waals surface area contributed by atoms with Crippen LogP contribution >= 0.6 is 0 Å². The summed E-state index contributed by atoms with van der Waals surface area (Å²) in [6.45, 7) is 17.5. The van der Waals surface area contributed by atoms with Crippen LogP contribution in [0.2, 0.25) is 0 Å². The van der Waals surface area contributed by atoms with E-state index in [2.05, 4.69) is 0 Å². The summed E-state index contributed by atoms with van der Waals surface area (Å²) < 4.78 is 18.2. The maximum atomic E-state index is 10.3. The van der Waals surface area contributed by atoms with Crippen LogP contribution in [0.3, 0.4) is 0 Å². The lowest BCUT2D eigenvalue weighted by Crippen LogP contribution is -2.50.